The van der Waals surface area contributed by atoms with Crippen molar-refractivity contribution in [1.29, 1.82) is 0 Å². The van der Waals surface area contributed by atoms with Crippen LogP contribution in [0.1, 0.15) is 5.56 Å². The van der Waals surface area contributed by atoms with E-state index in [0.29, 0.717) is 0 Å². The average molecular weight is 163 g/mol. The van der Waals surface area contributed by atoms with Gasteiger partial charge in [-0.05, 0) is 24.9 Å². The second kappa shape index (κ2) is 3.39. The third-order valence-corrected chi connectivity index (χ3v) is 1.68. The summed E-state index contributed by atoms with van der Waals surface area (Å²) in [5, 5.41) is 0. The molecule has 56 valence electrons. The van der Waals surface area contributed by atoms with Crippen molar-refractivity contribution in [3.8, 4) is 0 Å². The molecular weight excluding hydrogens is 154 g/mol. The summed E-state index contributed by atoms with van der Waals surface area (Å²) in [4.78, 5) is 4.74. The van der Waals surface area contributed by atoms with E-state index in [1.165, 1.54) is 0 Å². The molecule has 0 saturated heterocycles. The van der Waals surface area contributed by atoms with Crippen molar-refractivity contribution in [2.75, 3.05) is 0 Å². The van der Waals surface area contributed by atoms with Crippen LogP contribution in [-0.4, -0.2) is 6.72 Å². The lowest BCUT2D eigenvalue weighted by atomic mass is 10.2. The van der Waals surface area contributed by atoms with Gasteiger partial charge in [0.2, 0.25) is 0 Å². The lowest BCUT2D eigenvalue weighted by molar-refractivity contribution is 1.42. The largest absolute Gasteiger partial charge is 0.264 e. The Hall–Kier alpha value is -1.02. The third kappa shape index (κ3) is 1.71. The third-order valence-electron chi connectivity index (χ3n) is 1.40. The number of hydrogen-bond acceptors (Lipinski definition) is 2. The minimum atomic E-state index is 0.845. The zero-order valence-corrected chi connectivity index (χ0v) is 7.01. The van der Waals surface area contributed by atoms with Crippen LogP contribution >= 0.6 is 12.6 Å². The molecule has 0 bridgehead atoms. The molecule has 0 aliphatic carbocycles. The van der Waals surface area contributed by atoms with Crippen molar-refractivity contribution in [2.24, 2.45) is 4.99 Å². The minimum absolute atomic E-state index is 0.845. The monoisotopic (exact) mass is 163 g/mol. The van der Waals surface area contributed by atoms with Crippen molar-refractivity contribution in [1.82, 2.24) is 0 Å². The van der Waals surface area contributed by atoms with Gasteiger partial charge in [-0.15, -0.1) is 12.6 Å². The first-order valence-electron chi connectivity index (χ1n) is 3.20. The molecule has 0 fully saturated rings. The lowest BCUT2D eigenvalue weighted by Gasteiger charge is -1.99. The predicted molar refractivity (Wildman–Crippen MR) is 53.0 cm³/mol. The molecule has 11 heavy (non-hydrogen) atoms. The fourth-order valence-electron chi connectivity index (χ4n) is 0.849. The molecule has 1 aromatic rings. The lowest BCUT2D eigenvalue weighted by Crippen LogP contribution is -1.73. The van der Waals surface area contributed by atoms with Crippen LogP contribution in [0.2, 0.25) is 0 Å². The summed E-state index contributed by atoms with van der Waals surface area (Å²) < 4.78 is 0. The molecule has 0 radical (unpaired) electrons. The Balaban J connectivity index is 3.26. The van der Waals surface area contributed by atoms with Gasteiger partial charge in [-0.2, -0.15) is 0 Å². The SMILES string of the molecule is C=Cc1cc(S)ccc1N=C. The Morgan fingerprint density at radius 3 is 2.73 bits per heavy atom. The van der Waals surface area contributed by atoms with Crippen LogP contribution in [0.25, 0.3) is 6.08 Å². The van der Waals surface area contributed by atoms with Crippen LogP contribution in [0.15, 0.2) is 34.7 Å². The summed E-state index contributed by atoms with van der Waals surface area (Å²) in [6, 6.07) is 5.65. The van der Waals surface area contributed by atoms with E-state index in [1.54, 1.807) is 6.08 Å². The molecule has 0 spiro atoms. The van der Waals surface area contributed by atoms with Gasteiger partial charge in [0.15, 0.2) is 0 Å². The first-order valence-corrected chi connectivity index (χ1v) is 3.65. The highest BCUT2D eigenvalue weighted by molar-refractivity contribution is 7.80. The maximum Gasteiger partial charge on any atom is 0.0695 e. The first kappa shape index (κ1) is 8.08. The van der Waals surface area contributed by atoms with Crippen molar-refractivity contribution in [2.45, 2.75) is 4.90 Å². The molecule has 1 nitrogen and oxygen atoms in total. The summed E-state index contributed by atoms with van der Waals surface area (Å²) in [7, 11) is 0. The normalized spacial score (nSPS) is 9.18. The average Bonchev–Trinajstić information content (AvgIpc) is 2.04. The molecule has 0 aromatic heterocycles. The van der Waals surface area contributed by atoms with Crippen LogP contribution in [0.4, 0.5) is 5.69 Å². The van der Waals surface area contributed by atoms with Gasteiger partial charge in [0, 0.05) is 10.5 Å². The van der Waals surface area contributed by atoms with E-state index in [4.69, 9.17) is 0 Å². The maximum absolute atomic E-state index is 4.18. The molecule has 0 aliphatic heterocycles. The highest BCUT2D eigenvalue weighted by Crippen LogP contribution is 2.22. The van der Waals surface area contributed by atoms with Gasteiger partial charge in [-0.3, -0.25) is 4.99 Å². The fraction of sp³-hybridized carbons (Fsp3) is 0. The van der Waals surface area contributed by atoms with Crippen molar-refractivity contribution < 1.29 is 0 Å². The molecule has 0 amide bonds. The molecule has 0 N–H and O–H groups in total. The number of aliphatic imine (C=N–C) groups is 1. The topological polar surface area (TPSA) is 12.4 Å². The molecular formula is C9H9NS. The molecule has 0 atom stereocenters. The van der Waals surface area contributed by atoms with Crippen molar-refractivity contribution in [3.63, 3.8) is 0 Å². The maximum atomic E-state index is 4.18. The first-order chi connectivity index (χ1) is 5.27. The van der Waals surface area contributed by atoms with E-state index in [1.807, 2.05) is 18.2 Å². The summed E-state index contributed by atoms with van der Waals surface area (Å²) in [6.45, 7) is 7.11. The quantitative estimate of drug-likeness (QED) is 0.508. The smallest absolute Gasteiger partial charge is 0.0695 e. The zero-order valence-electron chi connectivity index (χ0n) is 6.12. The predicted octanol–water partition coefficient (Wildman–Crippen LogP) is 2.95. The zero-order chi connectivity index (χ0) is 8.27. The van der Waals surface area contributed by atoms with Gasteiger partial charge in [-0.25, -0.2) is 0 Å². The molecule has 0 heterocycles. The molecule has 0 saturated carbocycles. The van der Waals surface area contributed by atoms with Gasteiger partial charge in [0.25, 0.3) is 0 Å². The number of nitrogens with zero attached hydrogens (tertiary/aromatic N) is 1. The van der Waals surface area contributed by atoms with Crippen LogP contribution in [0.3, 0.4) is 0 Å². The summed E-state index contributed by atoms with van der Waals surface area (Å²) in [6.07, 6.45) is 1.74. The standard InChI is InChI=1S/C9H9NS/c1-3-7-6-8(11)4-5-9(7)10-2/h3-6,11H,1-2H2. The highest BCUT2D eigenvalue weighted by Gasteiger charge is 1.95. The van der Waals surface area contributed by atoms with E-state index >= 15 is 0 Å². The number of thiol groups is 1. The van der Waals surface area contributed by atoms with E-state index < -0.39 is 0 Å². The van der Waals surface area contributed by atoms with Gasteiger partial charge >= 0.3 is 0 Å². The number of rotatable bonds is 2. The van der Waals surface area contributed by atoms with Gasteiger partial charge in [-0.1, -0.05) is 12.7 Å². The Bertz CT molecular complexity index is 292. The Kier molecular flexibility index (Phi) is 2.49. The Morgan fingerprint density at radius 1 is 1.45 bits per heavy atom. The van der Waals surface area contributed by atoms with E-state index in [2.05, 4.69) is 30.9 Å². The Labute approximate surface area is 71.9 Å². The van der Waals surface area contributed by atoms with Gasteiger partial charge in [0.1, 0.15) is 0 Å². The summed E-state index contributed by atoms with van der Waals surface area (Å²) in [5.74, 6) is 0. The van der Waals surface area contributed by atoms with E-state index in [9.17, 15) is 0 Å². The van der Waals surface area contributed by atoms with E-state index in [-0.39, 0.29) is 0 Å². The molecule has 0 unspecified atom stereocenters. The van der Waals surface area contributed by atoms with Crippen molar-refractivity contribution in [3.05, 3.63) is 30.3 Å². The van der Waals surface area contributed by atoms with Crippen molar-refractivity contribution >= 4 is 31.1 Å². The number of benzene rings is 1. The van der Waals surface area contributed by atoms with Gasteiger partial charge < -0.3 is 0 Å². The molecule has 1 aromatic carbocycles. The summed E-state index contributed by atoms with van der Waals surface area (Å²) in [5.41, 5.74) is 1.81. The number of hydrogen-bond donors (Lipinski definition) is 1. The van der Waals surface area contributed by atoms with E-state index in [0.717, 1.165) is 16.1 Å². The second-order valence-corrected chi connectivity index (χ2v) is 2.62. The Morgan fingerprint density at radius 2 is 2.18 bits per heavy atom. The van der Waals surface area contributed by atoms with Crippen LogP contribution in [-0.2, 0) is 0 Å². The van der Waals surface area contributed by atoms with Crippen LogP contribution in [0, 0.1) is 0 Å². The second-order valence-electron chi connectivity index (χ2n) is 2.11. The fourth-order valence-corrected chi connectivity index (χ4v) is 1.06. The summed E-state index contributed by atoms with van der Waals surface area (Å²) >= 11 is 4.18. The minimum Gasteiger partial charge on any atom is -0.264 e. The highest BCUT2D eigenvalue weighted by atomic mass is 32.1. The molecule has 0 aliphatic rings. The van der Waals surface area contributed by atoms with Crippen LogP contribution in [0.5, 0.6) is 0 Å². The molecule has 2 heteroatoms. The van der Waals surface area contributed by atoms with Gasteiger partial charge in [0.05, 0.1) is 5.69 Å². The molecule has 1 rings (SSSR count). The van der Waals surface area contributed by atoms with Crippen LogP contribution < -0.4 is 0 Å².